The average Bonchev–Trinajstić information content (AvgIpc) is 2.56. The number of amides is 1. The van der Waals surface area contributed by atoms with E-state index >= 15 is 0 Å². The SMILES string of the molecule is Cc1cc(C)c(NC(=O)CNS(=O)(=O)c2ccc(C#N)cc2)c(C)c1. The van der Waals surface area contributed by atoms with Gasteiger partial charge in [0, 0.05) is 5.69 Å². The van der Waals surface area contributed by atoms with E-state index < -0.39 is 15.9 Å². The van der Waals surface area contributed by atoms with Crippen LogP contribution in [0.4, 0.5) is 5.69 Å². The lowest BCUT2D eigenvalue weighted by atomic mass is 10.1. The van der Waals surface area contributed by atoms with Gasteiger partial charge in [0.25, 0.3) is 0 Å². The highest BCUT2D eigenvalue weighted by Gasteiger charge is 2.16. The zero-order valence-electron chi connectivity index (χ0n) is 14.3. The van der Waals surface area contributed by atoms with Crippen molar-refractivity contribution in [2.75, 3.05) is 11.9 Å². The van der Waals surface area contributed by atoms with Crippen molar-refractivity contribution >= 4 is 21.6 Å². The van der Waals surface area contributed by atoms with Crippen LogP contribution in [0.25, 0.3) is 0 Å². The van der Waals surface area contributed by atoms with E-state index in [9.17, 15) is 13.2 Å². The zero-order chi connectivity index (χ0) is 18.6. The van der Waals surface area contributed by atoms with Gasteiger partial charge < -0.3 is 5.32 Å². The molecule has 25 heavy (non-hydrogen) atoms. The summed E-state index contributed by atoms with van der Waals surface area (Å²) >= 11 is 0. The van der Waals surface area contributed by atoms with Crippen LogP contribution in [0.5, 0.6) is 0 Å². The molecule has 1 amide bonds. The molecule has 0 aliphatic heterocycles. The van der Waals surface area contributed by atoms with Crippen LogP contribution in [0.1, 0.15) is 22.3 Å². The molecule has 6 nitrogen and oxygen atoms in total. The highest BCUT2D eigenvalue weighted by Crippen LogP contribution is 2.21. The first kappa shape index (κ1) is 18.6. The molecule has 0 saturated heterocycles. The molecule has 2 aromatic carbocycles. The molecule has 130 valence electrons. The maximum absolute atomic E-state index is 12.2. The Morgan fingerprint density at radius 3 is 2.16 bits per heavy atom. The van der Waals surface area contributed by atoms with Crippen LogP contribution >= 0.6 is 0 Å². The number of nitrogens with zero attached hydrogens (tertiary/aromatic N) is 1. The smallest absolute Gasteiger partial charge is 0.241 e. The Morgan fingerprint density at radius 1 is 1.08 bits per heavy atom. The maximum Gasteiger partial charge on any atom is 0.241 e. The fourth-order valence-corrected chi connectivity index (χ4v) is 3.50. The largest absolute Gasteiger partial charge is 0.324 e. The molecular weight excluding hydrogens is 338 g/mol. The van der Waals surface area contributed by atoms with Crippen molar-refractivity contribution < 1.29 is 13.2 Å². The van der Waals surface area contributed by atoms with Gasteiger partial charge in [0.15, 0.2) is 0 Å². The summed E-state index contributed by atoms with van der Waals surface area (Å²) in [5.74, 6) is -0.452. The highest BCUT2D eigenvalue weighted by atomic mass is 32.2. The first-order valence-electron chi connectivity index (χ1n) is 7.60. The molecule has 0 radical (unpaired) electrons. The molecule has 2 N–H and O–H groups in total. The standard InChI is InChI=1S/C18H19N3O3S/c1-12-8-13(2)18(14(3)9-12)21-17(22)11-20-25(23,24)16-6-4-15(10-19)5-7-16/h4-9,20H,11H2,1-3H3,(H,21,22). The van der Waals surface area contributed by atoms with Crippen LogP contribution in [-0.2, 0) is 14.8 Å². The molecule has 0 fully saturated rings. The number of carbonyl (C=O) groups is 1. The fourth-order valence-electron chi connectivity index (χ4n) is 2.51. The molecule has 0 saturated carbocycles. The average molecular weight is 357 g/mol. The van der Waals surface area contributed by atoms with E-state index in [1.54, 1.807) is 0 Å². The number of rotatable bonds is 5. The lowest BCUT2D eigenvalue weighted by Crippen LogP contribution is -2.33. The number of benzene rings is 2. The Balaban J connectivity index is 2.05. The predicted octanol–water partition coefficient (Wildman–Crippen LogP) is 2.40. The third-order valence-electron chi connectivity index (χ3n) is 3.66. The number of carbonyl (C=O) groups excluding carboxylic acids is 1. The van der Waals surface area contributed by atoms with Crippen molar-refractivity contribution in [3.8, 4) is 6.07 Å². The van der Waals surface area contributed by atoms with Crippen molar-refractivity contribution in [2.45, 2.75) is 25.7 Å². The van der Waals surface area contributed by atoms with Gasteiger partial charge in [0.1, 0.15) is 0 Å². The molecule has 0 unspecified atom stereocenters. The minimum Gasteiger partial charge on any atom is -0.324 e. The van der Waals surface area contributed by atoms with Gasteiger partial charge in [-0.15, -0.1) is 0 Å². The molecule has 0 heterocycles. The number of hydrogen-bond donors (Lipinski definition) is 2. The third kappa shape index (κ3) is 4.66. The van der Waals surface area contributed by atoms with Gasteiger partial charge in [-0.1, -0.05) is 17.7 Å². The second-order valence-corrected chi connectivity index (χ2v) is 7.55. The van der Waals surface area contributed by atoms with Crippen molar-refractivity contribution in [3.05, 3.63) is 58.7 Å². The van der Waals surface area contributed by atoms with E-state index in [4.69, 9.17) is 5.26 Å². The number of nitriles is 1. The van der Waals surface area contributed by atoms with E-state index in [0.717, 1.165) is 16.7 Å². The molecule has 0 aliphatic rings. The van der Waals surface area contributed by atoms with Gasteiger partial charge >= 0.3 is 0 Å². The van der Waals surface area contributed by atoms with Crippen molar-refractivity contribution in [3.63, 3.8) is 0 Å². The van der Waals surface area contributed by atoms with Gasteiger partial charge in [-0.05, 0) is 56.2 Å². The first-order valence-corrected chi connectivity index (χ1v) is 9.09. The van der Waals surface area contributed by atoms with Crippen molar-refractivity contribution in [1.29, 1.82) is 5.26 Å². The van der Waals surface area contributed by atoms with E-state index in [1.807, 2.05) is 39.0 Å². The Hall–Kier alpha value is -2.69. The molecule has 0 aromatic heterocycles. The Morgan fingerprint density at radius 2 is 1.64 bits per heavy atom. The van der Waals surface area contributed by atoms with Crippen LogP contribution in [0, 0.1) is 32.1 Å². The summed E-state index contributed by atoms with van der Waals surface area (Å²) in [4.78, 5) is 12.1. The predicted molar refractivity (Wildman–Crippen MR) is 95.6 cm³/mol. The number of nitrogens with one attached hydrogen (secondary N) is 2. The van der Waals surface area contributed by atoms with Crippen LogP contribution in [-0.4, -0.2) is 20.9 Å². The van der Waals surface area contributed by atoms with E-state index in [-0.39, 0.29) is 11.4 Å². The third-order valence-corrected chi connectivity index (χ3v) is 5.08. The van der Waals surface area contributed by atoms with E-state index in [2.05, 4.69) is 10.0 Å². The minimum absolute atomic E-state index is 0.00185. The molecule has 2 aromatic rings. The van der Waals surface area contributed by atoms with Gasteiger partial charge in [-0.3, -0.25) is 4.79 Å². The van der Waals surface area contributed by atoms with E-state index in [0.29, 0.717) is 11.3 Å². The molecule has 0 atom stereocenters. The lowest BCUT2D eigenvalue weighted by molar-refractivity contribution is -0.115. The van der Waals surface area contributed by atoms with Gasteiger partial charge in [0.2, 0.25) is 15.9 Å². The molecule has 0 bridgehead atoms. The quantitative estimate of drug-likeness (QED) is 0.858. The van der Waals surface area contributed by atoms with Crippen molar-refractivity contribution in [2.24, 2.45) is 0 Å². The maximum atomic E-state index is 12.2. The summed E-state index contributed by atoms with van der Waals surface area (Å²) in [7, 11) is -3.82. The Labute approximate surface area is 147 Å². The summed E-state index contributed by atoms with van der Waals surface area (Å²) in [6.45, 7) is 5.36. The summed E-state index contributed by atoms with van der Waals surface area (Å²) in [5.41, 5.74) is 3.98. The van der Waals surface area contributed by atoms with Gasteiger partial charge in [-0.25, -0.2) is 13.1 Å². The number of sulfonamides is 1. The number of aryl methyl sites for hydroxylation is 3. The van der Waals surface area contributed by atoms with Crippen LogP contribution in [0.15, 0.2) is 41.3 Å². The monoisotopic (exact) mass is 357 g/mol. The van der Waals surface area contributed by atoms with Crippen molar-refractivity contribution in [1.82, 2.24) is 4.72 Å². The molecule has 2 rings (SSSR count). The van der Waals surface area contributed by atoms with Gasteiger partial charge in [-0.2, -0.15) is 5.26 Å². The summed E-state index contributed by atoms with van der Waals surface area (Å²) < 4.78 is 26.6. The molecule has 0 spiro atoms. The van der Waals surface area contributed by atoms with Crippen LogP contribution in [0.3, 0.4) is 0 Å². The van der Waals surface area contributed by atoms with E-state index in [1.165, 1.54) is 24.3 Å². The molecular formula is C18H19N3O3S. The summed E-state index contributed by atoms with van der Waals surface area (Å²) in [6, 6.07) is 11.3. The van der Waals surface area contributed by atoms with Crippen LogP contribution in [0.2, 0.25) is 0 Å². The Kier molecular flexibility index (Phi) is 5.57. The zero-order valence-corrected chi connectivity index (χ0v) is 15.1. The molecule has 0 aliphatic carbocycles. The van der Waals surface area contributed by atoms with Crippen LogP contribution < -0.4 is 10.0 Å². The summed E-state index contributed by atoms with van der Waals surface area (Å²) in [6.07, 6.45) is 0. The topological polar surface area (TPSA) is 99.1 Å². The Bertz CT molecular complexity index is 920. The minimum atomic E-state index is -3.82. The fraction of sp³-hybridized carbons (Fsp3) is 0.222. The lowest BCUT2D eigenvalue weighted by Gasteiger charge is -2.13. The second kappa shape index (κ2) is 7.47. The highest BCUT2D eigenvalue weighted by molar-refractivity contribution is 7.89. The second-order valence-electron chi connectivity index (χ2n) is 5.78. The number of hydrogen-bond acceptors (Lipinski definition) is 4. The first-order chi connectivity index (χ1) is 11.7. The summed E-state index contributed by atoms with van der Waals surface area (Å²) in [5, 5.41) is 11.5. The number of anilines is 1. The van der Waals surface area contributed by atoms with Gasteiger partial charge in [0.05, 0.1) is 23.1 Å². The molecule has 7 heteroatoms. The normalized spacial score (nSPS) is 11.0.